The van der Waals surface area contributed by atoms with Gasteiger partial charge in [0, 0.05) is 18.7 Å². The summed E-state index contributed by atoms with van der Waals surface area (Å²) in [6, 6.07) is 7.59. The first-order valence-electron chi connectivity index (χ1n) is 11.5. The predicted octanol–water partition coefficient (Wildman–Crippen LogP) is 2.92. The lowest BCUT2D eigenvalue weighted by Crippen LogP contribution is -2.48. The van der Waals surface area contributed by atoms with E-state index < -0.39 is 30.5 Å². The number of hydrogen-bond donors (Lipinski definition) is 3. The number of aliphatic hydroxyl groups is 2. The van der Waals surface area contributed by atoms with Crippen molar-refractivity contribution in [2.75, 3.05) is 41.4 Å². The topological polar surface area (TPSA) is 124 Å². The fraction of sp³-hybridized carbons (Fsp3) is 0.333. The number of aliphatic hydroxyl groups excluding tert-OH is 2. The molecular formula is C24H23F3N6O4. The Labute approximate surface area is 209 Å². The van der Waals surface area contributed by atoms with E-state index in [0.717, 1.165) is 12.1 Å². The summed E-state index contributed by atoms with van der Waals surface area (Å²) in [7, 11) is 0. The number of rotatable bonds is 6. The summed E-state index contributed by atoms with van der Waals surface area (Å²) in [6.45, 7) is 0.621. The minimum Gasteiger partial charge on any atom is -0.474 e. The molecule has 2 bridgehead atoms. The minimum absolute atomic E-state index is 0.0429. The molecule has 2 amide bonds. The van der Waals surface area contributed by atoms with Crippen LogP contribution in [-0.4, -0.2) is 69.6 Å². The summed E-state index contributed by atoms with van der Waals surface area (Å²) in [6.07, 6.45) is -2.26. The summed E-state index contributed by atoms with van der Waals surface area (Å²) in [5, 5.41) is 21.0. The summed E-state index contributed by atoms with van der Waals surface area (Å²) < 4.78 is 45.0. The molecule has 194 valence electrons. The van der Waals surface area contributed by atoms with Crippen molar-refractivity contribution in [1.82, 2.24) is 15.0 Å². The van der Waals surface area contributed by atoms with Gasteiger partial charge in [-0.15, -0.1) is 0 Å². The van der Waals surface area contributed by atoms with Gasteiger partial charge in [-0.25, -0.2) is 9.78 Å². The Kier molecular flexibility index (Phi) is 6.56. The minimum atomic E-state index is -4.49. The van der Waals surface area contributed by atoms with Crippen molar-refractivity contribution in [3.8, 4) is 17.1 Å². The Morgan fingerprint density at radius 1 is 1.22 bits per heavy atom. The highest BCUT2D eigenvalue weighted by Gasteiger charge is 2.40. The van der Waals surface area contributed by atoms with Gasteiger partial charge in [0.25, 0.3) is 0 Å². The average molecular weight is 516 g/mol. The Balaban J connectivity index is 1.42. The molecule has 37 heavy (non-hydrogen) atoms. The number of urea groups is 1. The number of nitrogens with one attached hydrogen (secondary N) is 1. The maximum Gasteiger partial charge on any atom is 0.416 e. The second-order valence-corrected chi connectivity index (χ2v) is 8.70. The number of halogens is 3. The summed E-state index contributed by atoms with van der Waals surface area (Å²) >= 11 is 0. The van der Waals surface area contributed by atoms with Crippen molar-refractivity contribution < 1.29 is 32.9 Å². The first-order valence-corrected chi connectivity index (χ1v) is 11.5. The van der Waals surface area contributed by atoms with Crippen molar-refractivity contribution in [1.29, 1.82) is 0 Å². The van der Waals surface area contributed by atoms with E-state index in [0.29, 0.717) is 36.7 Å². The van der Waals surface area contributed by atoms with Gasteiger partial charge >= 0.3 is 12.2 Å². The van der Waals surface area contributed by atoms with Gasteiger partial charge < -0.3 is 19.8 Å². The largest absolute Gasteiger partial charge is 0.474 e. The van der Waals surface area contributed by atoms with Crippen LogP contribution in [0.15, 0.2) is 48.8 Å². The number of nitrogens with zero attached hydrogens (tertiary/aromatic N) is 5. The zero-order valence-electron chi connectivity index (χ0n) is 19.4. The number of amides is 2. The number of carbonyl (C=O) groups excluding carboxylic acids is 1. The van der Waals surface area contributed by atoms with Crippen LogP contribution in [0, 0.1) is 0 Å². The third-order valence-corrected chi connectivity index (χ3v) is 6.14. The third-order valence-electron chi connectivity index (χ3n) is 6.14. The van der Waals surface area contributed by atoms with Crippen LogP contribution >= 0.6 is 0 Å². The van der Waals surface area contributed by atoms with Gasteiger partial charge in [-0.1, -0.05) is 12.1 Å². The van der Waals surface area contributed by atoms with Gasteiger partial charge in [0.2, 0.25) is 5.88 Å². The molecule has 1 unspecified atom stereocenters. The normalized spacial score (nSPS) is 17.4. The first kappa shape index (κ1) is 24.7. The van der Waals surface area contributed by atoms with Crippen LogP contribution in [0.3, 0.4) is 0 Å². The van der Waals surface area contributed by atoms with Crippen LogP contribution in [0.25, 0.3) is 11.3 Å². The number of carbonyl (C=O) groups is 1. The van der Waals surface area contributed by atoms with Crippen LogP contribution in [0.4, 0.5) is 35.3 Å². The number of ether oxygens (including phenoxy) is 1. The number of pyridine rings is 1. The number of aromatic nitrogens is 3. The van der Waals surface area contributed by atoms with Gasteiger partial charge in [0.05, 0.1) is 42.0 Å². The second-order valence-electron chi connectivity index (χ2n) is 8.70. The molecule has 2 aliphatic rings. The number of benzene rings is 1. The molecule has 2 aliphatic heterocycles. The molecule has 1 saturated heterocycles. The molecule has 2 atom stereocenters. The Bertz CT molecular complexity index is 1310. The fourth-order valence-corrected chi connectivity index (χ4v) is 4.37. The molecule has 0 aliphatic carbocycles. The maximum atomic E-state index is 13.4. The molecule has 0 radical (unpaired) electrons. The van der Waals surface area contributed by atoms with Crippen molar-refractivity contribution in [2.24, 2.45) is 0 Å². The number of anilines is 3. The van der Waals surface area contributed by atoms with E-state index in [1.807, 2.05) is 0 Å². The number of hydrogen-bond acceptors (Lipinski definition) is 8. The highest BCUT2D eigenvalue weighted by Crippen LogP contribution is 2.41. The predicted molar refractivity (Wildman–Crippen MR) is 127 cm³/mol. The molecule has 0 saturated carbocycles. The van der Waals surface area contributed by atoms with Gasteiger partial charge in [-0.3, -0.25) is 15.2 Å². The van der Waals surface area contributed by atoms with Gasteiger partial charge in [-0.2, -0.15) is 18.2 Å². The zero-order valence-corrected chi connectivity index (χ0v) is 19.4. The number of fused-ring (bicyclic) bond motifs is 4. The molecule has 10 nitrogen and oxygen atoms in total. The van der Waals surface area contributed by atoms with Crippen LogP contribution in [0.2, 0.25) is 0 Å². The van der Waals surface area contributed by atoms with E-state index in [1.54, 1.807) is 18.2 Å². The monoisotopic (exact) mass is 516 g/mol. The standard InChI is InChI=1S/C24H23F3N6O4/c25-24(26,27)15-3-1-2-14(8-15)18-4-5-19-22(29-18)33(16-6-7-32(19)11-16)23(36)31-20-9-28-10-21(30-20)37-13-17(35)12-34/h1-5,8-10,16-17,34-35H,6-7,11-13H2,(H,30,31,36)/t16-,17?/m0/s1. The fourth-order valence-electron chi connectivity index (χ4n) is 4.37. The van der Waals surface area contributed by atoms with Crippen LogP contribution in [0.5, 0.6) is 5.88 Å². The second kappa shape index (κ2) is 9.82. The van der Waals surface area contributed by atoms with E-state index >= 15 is 0 Å². The zero-order chi connectivity index (χ0) is 26.2. The van der Waals surface area contributed by atoms with Gasteiger partial charge in [0.1, 0.15) is 12.7 Å². The lowest BCUT2D eigenvalue weighted by Gasteiger charge is -2.35. The van der Waals surface area contributed by atoms with E-state index in [2.05, 4.69) is 25.2 Å². The van der Waals surface area contributed by atoms with E-state index in [4.69, 9.17) is 9.84 Å². The van der Waals surface area contributed by atoms with E-state index in [1.165, 1.54) is 23.4 Å². The quantitative estimate of drug-likeness (QED) is 0.457. The maximum absolute atomic E-state index is 13.4. The van der Waals surface area contributed by atoms with Crippen LogP contribution in [-0.2, 0) is 6.18 Å². The van der Waals surface area contributed by atoms with Crippen molar-refractivity contribution >= 4 is 23.4 Å². The highest BCUT2D eigenvalue weighted by atomic mass is 19.4. The smallest absolute Gasteiger partial charge is 0.416 e. The Hall–Kier alpha value is -3.97. The van der Waals surface area contributed by atoms with E-state index in [-0.39, 0.29) is 29.9 Å². The molecule has 3 N–H and O–H groups in total. The molecular weight excluding hydrogens is 493 g/mol. The lowest BCUT2D eigenvalue weighted by atomic mass is 10.1. The molecule has 1 fully saturated rings. The summed E-state index contributed by atoms with van der Waals surface area (Å²) in [4.78, 5) is 29.7. The summed E-state index contributed by atoms with van der Waals surface area (Å²) in [5.74, 6) is 0.478. The molecule has 13 heteroatoms. The Morgan fingerprint density at radius 3 is 2.84 bits per heavy atom. The van der Waals surface area contributed by atoms with E-state index in [9.17, 15) is 23.1 Å². The molecule has 1 aromatic carbocycles. The molecule has 4 heterocycles. The highest BCUT2D eigenvalue weighted by molar-refractivity contribution is 6.04. The molecule has 2 aromatic heterocycles. The summed E-state index contributed by atoms with van der Waals surface area (Å²) in [5.41, 5.74) is 0.519. The lowest BCUT2D eigenvalue weighted by molar-refractivity contribution is -0.137. The van der Waals surface area contributed by atoms with Crippen molar-refractivity contribution in [3.05, 3.63) is 54.4 Å². The SMILES string of the molecule is O=C(Nc1cncc(OCC(O)CO)n1)N1c2nc(-c3cccc(C(F)(F)F)c3)ccc2N2CC[C@H]1C2. The van der Waals surface area contributed by atoms with Crippen LogP contribution in [0.1, 0.15) is 12.0 Å². The van der Waals surface area contributed by atoms with Crippen LogP contribution < -0.4 is 19.9 Å². The van der Waals surface area contributed by atoms with Gasteiger partial charge in [0.15, 0.2) is 11.6 Å². The first-order chi connectivity index (χ1) is 17.7. The Morgan fingerprint density at radius 2 is 2.05 bits per heavy atom. The molecule has 3 aromatic rings. The van der Waals surface area contributed by atoms with Gasteiger partial charge in [-0.05, 0) is 30.7 Å². The molecule has 5 rings (SSSR count). The van der Waals surface area contributed by atoms with Crippen molar-refractivity contribution in [2.45, 2.75) is 24.7 Å². The number of alkyl halides is 3. The van der Waals surface area contributed by atoms with Crippen molar-refractivity contribution in [3.63, 3.8) is 0 Å². The average Bonchev–Trinajstić information content (AvgIpc) is 3.31. The third kappa shape index (κ3) is 5.13. The molecule has 0 spiro atoms.